The van der Waals surface area contributed by atoms with E-state index in [1.165, 1.54) is 21.3 Å². The molecule has 0 fully saturated rings. The average molecular weight is 394 g/mol. The molecule has 0 radical (unpaired) electrons. The predicted octanol–water partition coefficient (Wildman–Crippen LogP) is 4.80. The molecule has 1 amide bonds. The topological polar surface area (TPSA) is 66.0 Å². The third-order valence-electron chi connectivity index (χ3n) is 3.90. The SMILES string of the molecule is CCCCOc1ccc(C(=O)Nc2cc(OC)c(OC)cc2Cl)cc1OC. The molecule has 0 bridgehead atoms. The Morgan fingerprint density at radius 1 is 0.963 bits per heavy atom. The van der Waals surface area contributed by atoms with Crippen LogP contribution in [-0.4, -0.2) is 33.8 Å². The van der Waals surface area contributed by atoms with Gasteiger partial charge >= 0.3 is 0 Å². The van der Waals surface area contributed by atoms with Gasteiger partial charge in [-0.1, -0.05) is 24.9 Å². The van der Waals surface area contributed by atoms with Crippen LogP contribution in [0, 0.1) is 0 Å². The molecule has 2 rings (SSSR count). The van der Waals surface area contributed by atoms with Gasteiger partial charge in [0.25, 0.3) is 5.91 Å². The summed E-state index contributed by atoms with van der Waals surface area (Å²) in [5, 5.41) is 3.11. The number of rotatable bonds is 9. The molecule has 0 atom stereocenters. The van der Waals surface area contributed by atoms with Crippen molar-refractivity contribution in [2.24, 2.45) is 0 Å². The fraction of sp³-hybridized carbons (Fsp3) is 0.350. The van der Waals surface area contributed by atoms with E-state index in [1.54, 1.807) is 30.3 Å². The maximum Gasteiger partial charge on any atom is 0.255 e. The van der Waals surface area contributed by atoms with Crippen LogP contribution >= 0.6 is 11.6 Å². The number of halogens is 1. The molecule has 2 aromatic rings. The summed E-state index contributed by atoms with van der Waals surface area (Å²) in [6, 6.07) is 8.22. The Kier molecular flexibility index (Phi) is 7.61. The maximum atomic E-state index is 12.6. The van der Waals surface area contributed by atoms with E-state index in [0.717, 1.165) is 12.8 Å². The van der Waals surface area contributed by atoms with Gasteiger partial charge in [0.05, 0.1) is 38.6 Å². The maximum absolute atomic E-state index is 12.6. The number of benzene rings is 2. The van der Waals surface area contributed by atoms with Crippen molar-refractivity contribution in [1.82, 2.24) is 0 Å². The molecule has 0 unspecified atom stereocenters. The van der Waals surface area contributed by atoms with Crippen molar-refractivity contribution in [3.8, 4) is 23.0 Å². The number of unbranched alkanes of at least 4 members (excludes halogenated alkanes) is 1. The van der Waals surface area contributed by atoms with E-state index in [4.69, 9.17) is 30.5 Å². The number of nitrogens with one attached hydrogen (secondary N) is 1. The number of hydrogen-bond acceptors (Lipinski definition) is 5. The highest BCUT2D eigenvalue weighted by Gasteiger charge is 2.15. The minimum absolute atomic E-state index is 0.331. The highest BCUT2D eigenvalue weighted by atomic mass is 35.5. The highest BCUT2D eigenvalue weighted by molar-refractivity contribution is 6.34. The lowest BCUT2D eigenvalue weighted by atomic mass is 10.1. The van der Waals surface area contributed by atoms with Gasteiger partial charge in [0, 0.05) is 17.7 Å². The Morgan fingerprint density at radius 3 is 2.22 bits per heavy atom. The number of anilines is 1. The summed E-state index contributed by atoms with van der Waals surface area (Å²) < 4.78 is 21.5. The average Bonchev–Trinajstić information content (AvgIpc) is 2.69. The fourth-order valence-electron chi connectivity index (χ4n) is 2.40. The lowest BCUT2D eigenvalue weighted by Crippen LogP contribution is -2.13. The summed E-state index contributed by atoms with van der Waals surface area (Å²) in [5.41, 5.74) is 0.835. The van der Waals surface area contributed by atoms with Crippen molar-refractivity contribution >= 4 is 23.2 Å². The normalized spacial score (nSPS) is 10.3. The second kappa shape index (κ2) is 9.92. The molecule has 7 heteroatoms. The Bertz CT molecular complexity index is 794. The molecular weight excluding hydrogens is 370 g/mol. The Morgan fingerprint density at radius 2 is 1.59 bits per heavy atom. The third kappa shape index (κ3) is 5.20. The van der Waals surface area contributed by atoms with Crippen molar-refractivity contribution in [1.29, 1.82) is 0 Å². The summed E-state index contributed by atoms with van der Waals surface area (Å²) >= 11 is 6.23. The highest BCUT2D eigenvalue weighted by Crippen LogP contribution is 2.36. The van der Waals surface area contributed by atoms with Crippen LogP contribution in [0.3, 0.4) is 0 Å². The van der Waals surface area contributed by atoms with Gasteiger partial charge < -0.3 is 24.3 Å². The second-order valence-electron chi connectivity index (χ2n) is 5.71. The number of amides is 1. The summed E-state index contributed by atoms with van der Waals surface area (Å²) in [4.78, 5) is 12.6. The van der Waals surface area contributed by atoms with Crippen LogP contribution in [0.15, 0.2) is 30.3 Å². The minimum Gasteiger partial charge on any atom is -0.493 e. The number of carbonyl (C=O) groups is 1. The van der Waals surface area contributed by atoms with Crippen molar-refractivity contribution < 1.29 is 23.7 Å². The lowest BCUT2D eigenvalue weighted by Gasteiger charge is -2.14. The second-order valence-corrected chi connectivity index (χ2v) is 6.12. The van der Waals surface area contributed by atoms with E-state index in [9.17, 15) is 4.79 Å². The standard InChI is InChI=1S/C20H24ClNO5/c1-5-6-9-27-16-8-7-13(10-17(16)24-2)20(23)22-15-12-19(26-4)18(25-3)11-14(15)21/h7-8,10-12H,5-6,9H2,1-4H3,(H,22,23). The van der Waals surface area contributed by atoms with Gasteiger partial charge in [-0.2, -0.15) is 0 Å². The molecule has 0 spiro atoms. The number of methoxy groups -OCH3 is 3. The van der Waals surface area contributed by atoms with Crippen molar-refractivity contribution in [3.05, 3.63) is 40.9 Å². The molecule has 1 N–H and O–H groups in total. The van der Waals surface area contributed by atoms with Crippen LogP contribution in [0.2, 0.25) is 5.02 Å². The number of hydrogen-bond donors (Lipinski definition) is 1. The zero-order valence-electron chi connectivity index (χ0n) is 15.9. The molecule has 0 saturated carbocycles. The molecule has 0 heterocycles. The molecule has 146 valence electrons. The quantitative estimate of drug-likeness (QED) is 0.620. The predicted molar refractivity (Wildman–Crippen MR) is 106 cm³/mol. The summed E-state index contributed by atoms with van der Waals surface area (Å²) in [5.74, 6) is 1.72. The van der Waals surface area contributed by atoms with E-state index in [2.05, 4.69) is 12.2 Å². The van der Waals surface area contributed by atoms with Crippen LogP contribution in [0.1, 0.15) is 30.1 Å². The molecular formula is C20H24ClNO5. The van der Waals surface area contributed by atoms with E-state index < -0.39 is 0 Å². The van der Waals surface area contributed by atoms with Gasteiger partial charge in [-0.3, -0.25) is 4.79 Å². The summed E-state index contributed by atoms with van der Waals surface area (Å²) in [7, 11) is 4.57. The van der Waals surface area contributed by atoms with Crippen molar-refractivity contribution in [2.45, 2.75) is 19.8 Å². The smallest absolute Gasteiger partial charge is 0.255 e. The molecule has 27 heavy (non-hydrogen) atoms. The molecule has 0 aliphatic rings. The monoisotopic (exact) mass is 393 g/mol. The van der Waals surface area contributed by atoms with Gasteiger partial charge in [-0.25, -0.2) is 0 Å². The van der Waals surface area contributed by atoms with Crippen LogP contribution in [0.5, 0.6) is 23.0 Å². The Balaban J connectivity index is 2.20. The van der Waals surface area contributed by atoms with Crippen molar-refractivity contribution in [2.75, 3.05) is 33.3 Å². The molecule has 0 aliphatic heterocycles. The zero-order valence-corrected chi connectivity index (χ0v) is 16.7. The molecule has 0 aliphatic carbocycles. The first-order valence-corrected chi connectivity index (χ1v) is 8.95. The lowest BCUT2D eigenvalue weighted by molar-refractivity contribution is 0.102. The van der Waals surface area contributed by atoms with Gasteiger partial charge in [0.2, 0.25) is 0 Å². The minimum atomic E-state index is -0.331. The van der Waals surface area contributed by atoms with E-state index in [1.807, 2.05) is 0 Å². The van der Waals surface area contributed by atoms with Crippen molar-refractivity contribution in [3.63, 3.8) is 0 Å². The number of ether oxygens (including phenoxy) is 4. The van der Waals surface area contributed by atoms with Crippen LogP contribution in [-0.2, 0) is 0 Å². The Hall–Kier alpha value is -2.60. The van der Waals surface area contributed by atoms with E-state index in [0.29, 0.717) is 45.9 Å². The van der Waals surface area contributed by atoms with Gasteiger partial charge in [0.15, 0.2) is 23.0 Å². The summed E-state index contributed by atoms with van der Waals surface area (Å²) in [6.45, 7) is 2.69. The number of carbonyl (C=O) groups excluding carboxylic acids is 1. The van der Waals surface area contributed by atoms with Gasteiger partial charge in [0.1, 0.15) is 0 Å². The molecule has 6 nitrogen and oxygen atoms in total. The van der Waals surface area contributed by atoms with Crippen LogP contribution < -0.4 is 24.3 Å². The molecule has 0 aromatic heterocycles. The van der Waals surface area contributed by atoms with E-state index >= 15 is 0 Å². The first-order chi connectivity index (χ1) is 13.0. The first kappa shape index (κ1) is 20.7. The molecule has 0 saturated heterocycles. The zero-order chi connectivity index (χ0) is 19.8. The van der Waals surface area contributed by atoms with E-state index in [-0.39, 0.29) is 5.91 Å². The van der Waals surface area contributed by atoms with Crippen LogP contribution in [0.25, 0.3) is 0 Å². The fourth-order valence-corrected chi connectivity index (χ4v) is 2.60. The van der Waals surface area contributed by atoms with Gasteiger partial charge in [-0.05, 0) is 24.6 Å². The van der Waals surface area contributed by atoms with Crippen LogP contribution in [0.4, 0.5) is 5.69 Å². The molecule has 2 aromatic carbocycles. The van der Waals surface area contributed by atoms with Gasteiger partial charge in [-0.15, -0.1) is 0 Å². The largest absolute Gasteiger partial charge is 0.493 e. The summed E-state index contributed by atoms with van der Waals surface area (Å²) in [6.07, 6.45) is 1.98. The third-order valence-corrected chi connectivity index (χ3v) is 4.22. The Labute approximate surface area is 164 Å². The first-order valence-electron chi connectivity index (χ1n) is 8.57.